The molecule has 0 aliphatic heterocycles. The average molecular weight is 257 g/mol. The lowest BCUT2D eigenvalue weighted by molar-refractivity contribution is 0.0233. The van der Waals surface area contributed by atoms with Gasteiger partial charge in [0.2, 0.25) is 0 Å². The minimum absolute atomic E-state index is 0.356. The van der Waals surface area contributed by atoms with Crippen molar-refractivity contribution in [2.24, 2.45) is 0 Å². The van der Waals surface area contributed by atoms with Crippen molar-refractivity contribution in [2.75, 3.05) is 13.4 Å². The SMILES string of the molecule is CCOCO[Si](c1ccccc1)c1ccccc1. The lowest BCUT2D eigenvalue weighted by atomic mass is 10.4. The first-order valence-corrected chi connectivity index (χ1v) is 7.51. The number of hydrogen-bond acceptors (Lipinski definition) is 2. The maximum Gasteiger partial charge on any atom is 0.285 e. The summed E-state index contributed by atoms with van der Waals surface area (Å²) in [6.07, 6.45) is 0. The van der Waals surface area contributed by atoms with Crippen LogP contribution in [0.25, 0.3) is 0 Å². The second-order valence-electron chi connectivity index (χ2n) is 3.82. The Morgan fingerprint density at radius 2 is 1.33 bits per heavy atom. The molecule has 2 aromatic rings. The molecule has 0 spiro atoms. The molecule has 0 saturated heterocycles. The van der Waals surface area contributed by atoms with E-state index in [-0.39, 0.29) is 0 Å². The van der Waals surface area contributed by atoms with Crippen LogP contribution < -0.4 is 10.4 Å². The molecular weight excluding hydrogens is 240 g/mol. The van der Waals surface area contributed by atoms with Gasteiger partial charge in [0.1, 0.15) is 6.79 Å². The molecule has 3 heteroatoms. The summed E-state index contributed by atoms with van der Waals surface area (Å²) in [6.45, 7) is 3.01. The third-order valence-corrected chi connectivity index (χ3v) is 4.68. The molecule has 2 rings (SSSR count). The summed E-state index contributed by atoms with van der Waals surface area (Å²) in [5, 5.41) is 2.49. The molecule has 2 nitrogen and oxygen atoms in total. The predicted molar refractivity (Wildman–Crippen MR) is 75.5 cm³/mol. The van der Waals surface area contributed by atoms with Gasteiger partial charge in [-0.25, -0.2) is 0 Å². The highest BCUT2D eigenvalue weighted by molar-refractivity contribution is 6.80. The summed E-state index contributed by atoms with van der Waals surface area (Å²) in [4.78, 5) is 0. The first kappa shape index (κ1) is 13.0. The van der Waals surface area contributed by atoms with Crippen LogP contribution in [0.15, 0.2) is 60.7 Å². The molecule has 0 heterocycles. The molecule has 18 heavy (non-hydrogen) atoms. The maximum atomic E-state index is 5.93. The van der Waals surface area contributed by atoms with Gasteiger partial charge in [-0.2, -0.15) is 0 Å². The zero-order chi connectivity index (χ0) is 12.6. The molecule has 0 N–H and O–H groups in total. The van der Waals surface area contributed by atoms with E-state index in [1.165, 1.54) is 10.4 Å². The molecular formula is C15H17O2Si. The van der Waals surface area contributed by atoms with E-state index in [2.05, 4.69) is 24.3 Å². The van der Waals surface area contributed by atoms with Crippen LogP contribution in [0.1, 0.15) is 6.92 Å². The third-order valence-electron chi connectivity index (χ3n) is 2.56. The van der Waals surface area contributed by atoms with Crippen molar-refractivity contribution in [3.63, 3.8) is 0 Å². The van der Waals surface area contributed by atoms with Gasteiger partial charge in [0.05, 0.1) is 0 Å². The molecule has 0 aliphatic carbocycles. The second kappa shape index (κ2) is 7.11. The Bertz CT molecular complexity index is 405. The zero-order valence-corrected chi connectivity index (χ0v) is 11.5. The maximum absolute atomic E-state index is 5.93. The first-order valence-electron chi connectivity index (χ1n) is 6.10. The molecule has 0 amide bonds. The van der Waals surface area contributed by atoms with E-state index < -0.39 is 9.04 Å². The Kier molecular flexibility index (Phi) is 5.14. The number of hydrogen-bond donors (Lipinski definition) is 0. The fourth-order valence-corrected chi connectivity index (χ4v) is 3.55. The highest BCUT2D eigenvalue weighted by atomic mass is 28.3. The van der Waals surface area contributed by atoms with Crippen molar-refractivity contribution in [3.05, 3.63) is 60.7 Å². The molecule has 93 valence electrons. The van der Waals surface area contributed by atoms with Crippen molar-refractivity contribution >= 4 is 19.4 Å². The molecule has 0 saturated carbocycles. The topological polar surface area (TPSA) is 18.5 Å². The molecule has 0 aliphatic rings. The van der Waals surface area contributed by atoms with E-state index in [0.29, 0.717) is 13.4 Å². The van der Waals surface area contributed by atoms with Gasteiger partial charge in [-0.05, 0) is 17.3 Å². The minimum Gasteiger partial charge on any atom is -0.385 e. The summed E-state index contributed by atoms with van der Waals surface area (Å²) < 4.78 is 11.2. The van der Waals surface area contributed by atoms with Crippen LogP contribution in [0, 0.1) is 0 Å². The Hall–Kier alpha value is -1.42. The Morgan fingerprint density at radius 1 is 0.833 bits per heavy atom. The summed E-state index contributed by atoms with van der Waals surface area (Å²) in [6, 6.07) is 20.7. The van der Waals surface area contributed by atoms with Crippen molar-refractivity contribution in [1.82, 2.24) is 0 Å². The van der Waals surface area contributed by atoms with Gasteiger partial charge < -0.3 is 9.16 Å². The molecule has 0 fully saturated rings. The quantitative estimate of drug-likeness (QED) is 0.446. The van der Waals surface area contributed by atoms with Gasteiger partial charge in [0.15, 0.2) is 0 Å². The molecule has 1 radical (unpaired) electrons. The number of rotatable bonds is 6. The van der Waals surface area contributed by atoms with E-state index in [4.69, 9.17) is 9.16 Å². The van der Waals surface area contributed by atoms with Gasteiger partial charge in [0, 0.05) is 6.61 Å². The van der Waals surface area contributed by atoms with Crippen molar-refractivity contribution in [1.29, 1.82) is 0 Å². The van der Waals surface area contributed by atoms with Crippen LogP contribution in [0.5, 0.6) is 0 Å². The molecule has 0 bridgehead atoms. The molecule has 0 aromatic heterocycles. The highest BCUT2D eigenvalue weighted by Crippen LogP contribution is 1.95. The molecule has 0 unspecified atom stereocenters. The highest BCUT2D eigenvalue weighted by Gasteiger charge is 2.18. The van der Waals surface area contributed by atoms with Gasteiger partial charge in [0.25, 0.3) is 9.04 Å². The smallest absolute Gasteiger partial charge is 0.285 e. The Labute approximate surface area is 110 Å². The van der Waals surface area contributed by atoms with Crippen LogP contribution in [0.2, 0.25) is 0 Å². The van der Waals surface area contributed by atoms with Crippen LogP contribution in [0.4, 0.5) is 0 Å². The fraction of sp³-hybridized carbons (Fsp3) is 0.200. The van der Waals surface area contributed by atoms with Gasteiger partial charge in [-0.3, -0.25) is 0 Å². The Morgan fingerprint density at radius 3 is 1.78 bits per heavy atom. The molecule has 2 aromatic carbocycles. The van der Waals surface area contributed by atoms with E-state index in [0.717, 1.165) is 0 Å². The van der Waals surface area contributed by atoms with Crippen molar-refractivity contribution < 1.29 is 9.16 Å². The van der Waals surface area contributed by atoms with Gasteiger partial charge in [-0.15, -0.1) is 0 Å². The van der Waals surface area contributed by atoms with E-state index in [9.17, 15) is 0 Å². The monoisotopic (exact) mass is 257 g/mol. The lowest BCUT2D eigenvalue weighted by Gasteiger charge is -2.15. The second-order valence-corrected chi connectivity index (χ2v) is 5.92. The summed E-state index contributed by atoms with van der Waals surface area (Å²) >= 11 is 0. The summed E-state index contributed by atoms with van der Waals surface area (Å²) in [7, 11) is -1.20. The van der Waals surface area contributed by atoms with Crippen LogP contribution >= 0.6 is 0 Å². The normalized spacial score (nSPS) is 10.8. The third kappa shape index (κ3) is 3.53. The van der Waals surface area contributed by atoms with Crippen molar-refractivity contribution in [3.8, 4) is 0 Å². The summed E-state index contributed by atoms with van der Waals surface area (Å²) in [5.74, 6) is 0. The average Bonchev–Trinajstić information content (AvgIpc) is 2.46. The van der Waals surface area contributed by atoms with Crippen molar-refractivity contribution in [2.45, 2.75) is 6.92 Å². The number of benzene rings is 2. The Balaban J connectivity index is 2.18. The predicted octanol–water partition coefficient (Wildman–Crippen LogP) is 1.80. The van der Waals surface area contributed by atoms with Gasteiger partial charge in [-0.1, -0.05) is 60.7 Å². The fourth-order valence-electron chi connectivity index (χ4n) is 1.70. The standard InChI is InChI=1S/C15H17O2Si/c1-2-16-13-17-18(14-9-5-3-6-10-14)15-11-7-4-8-12-15/h3-12H,2,13H2,1H3. The first-order chi connectivity index (χ1) is 8.92. The number of ether oxygens (including phenoxy) is 1. The van der Waals surface area contributed by atoms with Gasteiger partial charge >= 0.3 is 0 Å². The molecule has 0 atom stereocenters. The van der Waals surface area contributed by atoms with E-state index >= 15 is 0 Å². The lowest BCUT2D eigenvalue weighted by Crippen LogP contribution is -2.45. The van der Waals surface area contributed by atoms with Crippen LogP contribution in [0.3, 0.4) is 0 Å². The minimum atomic E-state index is -1.20. The van der Waals surface area contributed by atoms with E-state index in [1.54, 1.807) is 0 Å². The summed E-state index contributed by atoms with van der Waals surface area (Å²) in [5.41, 5.74) is 0. The largest absolute Gasteiger partial charge is 0.385 e. The van der Waals surface area contributed by atoms with Crippen LogP contribution in [-0.4, -0.2) is 22.4 Å². The zero-order valence-electron chi connectivity index (χ0n) is 10.5. The van der Waals surface area contributed by atoms with Crippen LogP contribution in [-0.2, 0) is 9.16 Å². The van der Waals surface area contributed by atoms with E-state index in [1.807, 2.05) is 43.3 Å².